The van der Waals surface area contributed by atoms with E-state index in [-0.39, 0.29) is 11.4 Å². The second kappa shape index (κ2) is 5.35. The molecule has 4 heteroatoms. The molecule has 0 spiro atoms. The molecule has 1 aliphatic carbocycles. The molecule has 0 aromatic heterocycles. The van der Waals surface area contributed by atoms with Crippen LogP contribution < -0.4 is 5.32 Å². The number of ether oxygens (including phenoxy) is 1. The third-order valence-electron chi connectivity index (χ3n) is 3.70. The normalized spacial score (nSPS) is 19.7. The second-order valence-corrected chi connectivity index (χ2v) is 6.14. The first-order chi connectivity index (χ1) is 10.1. The Hall–Kier alpha value is -2.10. The van der Waals surface area contributed by atoms with E-state index in [9.17, 15) is 4.79 Å². The Kier molecular flexibility index (Phi) is 3.53. The fraction of sp³-hybridized carbons (Fsp3) is 0.412. The first-order valence-electron chi connectivity index (χ1n) is 7.38. The Morgan fingerprint density at radius 1 is 1.33 bits per heavy atom. The fourth-order valence-corrected chi connectivity index (χ4v) is 2.58. The zero-order valence-corrected chi connectivity index (χ0v) is 12.5. The maximum Gasteiger partial charge on any atom is 0.251 e. The molecule has 110 valence electrons. The predicted molar refractivity (Wildman–Crippen MR) is 83.6 cm³/mol. The van der Waals surface area contributed by atoms with Gasteiger partial charge in [-0.15, -0.1) is 0 Å². The van der Waals surface area contributed by atoms with E-state index in [1.54, 1.807) is 0 Å². The van der Waals surface area contributed by atoms with Crippen molar-refractivity contribution >= 4 is 17.5 Å². The standard InChI is InChI=1S/C17H20N2O2/c1-17(2)11-21-16(19-17)13-9-5-6-10-14(13)18-15(20)12-7-3-4-8-12/h5-7,9-10H,3-4,8,11H2,1-2H3,(H,18,20). The molecule has 1 aromatic rings. The van der Waals surface area contributed by atoms with E-state index in [0.29, 0.717) is 12.5 Å². The largest absolute Gasteiger partial charge is 0.475 e. The topological polar surface area (TPSA) is 50.7 Å². The molecule has 1 aromatic carbocycles. The highest BCUT2D eigenvalue weighted by Crippen LogP contribution is 2.26. The van der Waals surface area contributed by atoms with E-state index in [2.05, 4.69) is 10.3 Å². The number of anilines is 1. The van der Waals surface area contributed by atoms with Crippen molar-refractivity contribution in [1.29, 1.82) is 0 Å². The minimum atomic E-state index is -0.208. The number of aliphatic imine (C=N–C) groups is 1. The number of carbonyl (C=O) groups is 1. The average Bonchev–Trinajstić information content (AvgIpc) is 3.08. The Labute approximate surface area is 124 Å². The van der Waals surface area contributed by atoms with Crippen molar-refractivity contribution in [3.63, 3.8) is 0 Å². The van der Waals surface area contributed by atoms with Gasteiger partial charge in [-0.1, -0.05) is 18.2 Å². The van der Waals surface area contributed by atoms with Crippen molar-refractivity contribution < 1.29 is 9.53 Å². The molecule has 21 heavy (non-hydrogen) atoms. The zero-order valence-electron chi connectivity index (χ0n) is 12.5. The monoisotopic (exact) mass is 284 g/mol. The summed E-state index contributed by atoms with van der Waals surface area (Å²) < 4.78 is 5.69. The van der Waals surface area contributed by atoms with Crippen molar-refractivity contribution in [2.24, 2.45) is 4.99 Å². The minimum Gasteiger partial charge on any atom is -0.475 e. The summed E-state index contributed by atoms with van der Waals surface area (Å²) in [5.74, 6) is 0.592. The summed E-state index contributed by atoms with van der Waals surface area (Å²) in [4.78, 5) is 16.8. The quantitative estimate of drug-likeness (QED) is 0.926. The van der Waals surface area contributed by atoms with Crippen molar-refractivity contribution in [3.05, 3.63) is 41.5 Å². The lowest BCUT2D eigenvalue weighted by Crippen LogP contribution is -2.17. The van der Waals surface area contributed by atoms with Crippen LogP contribution in [0.25, 0.3) is 0 Å². The summed E-state index contributed by atoms with van der Waals surface area (Å²) in [6.07, 6.45) is 4.94. The van der Waals surface area contributed by atoms with Crippen molar-refractivity contribution in [3.8, 4) is 0 Å². The van der Waals surface area contributed by atoms with Gasteiger partial charge in [-0.3, -0.25) is 4.79 Å². The summed E-state index contributed by atoms with van der Waals surface area (Å²) >= 11 is 0. The number of nitrogens with one attached hydrogen (secondary N) is 1. The predicted octanol–water partition coefficient (Wildman–Crippen LogP) is 3.29. The van der Waals surface area contributed by atoms with Crippen LogP contribution in [0.5, 0.6) is 0 Å². The number of hydrogen-bond donors (Lipinski definition) is 1. The third kappa shape index (κ3) is 2.99. The van der Waals surface area contributed by atoms with Gasteiger partial charge in [0.05, 0.1) is 16.8 Å². The molecule has 0 fully saturated rings. The summed E-state index contributed by atoms with van der Waals surface area (Å²) in [5, 5.41) is 2.99. The van der Waals surface area contributed by atoms with Crippen LogP contribution in [0.1, 0.15) is 38.7 Å². The lowest BCUT2D eigenvalue weighted by Gasteiger charge is -2.11. The van der Waals surface area contributed by atoms with Gasteiger partial charge in [0, 0.05) is 5.57 Å². The average molecular weight is 284 g/mol. The lowest BCUT2D eigenvalue weighted by molar-refractivity contribution is -0.112. The molecule has 4 nitrogen and oxygen atoms in total. The Morgan fingerprint density at radius 2 is 2.14 bits per heavy atom. The van der Waals surface area contributed by atoms with Crippen LogP contribution in [-0.4, -0.2) is 24.0 Å². The molecule has 0 bridgehead atoms. The number of rotatable bonds is 3. The number of allylic oxidation sites excluding steroid dienone is 1. The van der Waals surface area contributed by atoms with Crippen LogP contribution in [-0.2, 0) is 9.53 Å². The first kappa shape index (κ1) is 13.9. The molecule has 0 atom stereocenters. The smallest absolute Gasteiger partial charge is 0.251 e. The van der Waals surface area contributed by atoms with E-state index in [1.807, 2.05) is 44.2 Å². The SMILES string of the molecule is CC1(C)COC(c2ccccc2NC(=O)C2=CCCC2)=N1. The number of amides is 1. The second-order valence-electron chi connectivity index (χ2n) is 6.14. The van der Waals surface area contributed by atoms with Gasteiger partial charge in [0.15, 0.2) is 0 Å². The summed E-state index contributed by atoms with van der Waals surface area (Å²) in [6.45, 7) is 4.63. The van der Waals surface area contributed by atoms with E-state index in [1.165, 1.54) is 0 Å². The molecule has 0 saturated heterocycles. The van der Waals surface area contributed by atoms with Gasteiger partial charge in [0.2, 0.25) is 5.90 Å². The first-order valence-corrected chi connectivity index (χ1v) is 7.38. The van der Waals surface area contributed by atoms with Crippen LogP contribution in [0.2, 0.25) is 0 Å². The van der Waals surface area contributed by atoms with Crippen LogP contribution in [0.3, 0.4) is 0 Å². The van der Waals surface area contributed by atoms with Crippen LogP contribution in [0, 0.1) is 0 Å². The Morgan fingerprint density at radius 3 is 2.81 bits per heavy atom. The molecule has 3 rings (SSSR count). The molecule has 1 heterocycles. The van der Waals surface area contributed by atoms with Crippen molar-refractivity contribution in [2.75, 3.05) is 11.9 Å². The van der Waals surface area contributed by atoms with Crippen LogP contribution in [0.4, 0.5) is 5.69 Å². The van der Waals surface area contributed by atoms with Crippen LogP contribution >= 0.6 is 0 Å². The molecule has 0 unspecified atom stereocenters. The third-order valence-corrected chi connectivity index (χ3v) is 3.70. The molecule has 2 aliphatic rings. The van der Waals surface area contributed by atoms with Gasteiger partial charge in [0.1, 0.15) is 6.61 Å². The molecule has 1 aliphatic heterocycles. The maximum atomic E-state index is 12.2. The maximum absolute atomic E-state index is 12.2. The lowest BCUT2D eigenvalue weighted by atomic mass is 10.1. The molecule has 0 saturated carbocycles. The highest BCUT2D eigenvalue weighted by molar-refractivity contribution is 6.09. The number of hydrogen-bond acceptors (Lipinski definition) is 3. The number of carbonyl (C=O) groups excluding carboxylic acids is 1. The van der Waals surface area contributed by atoms with Gasteiger partial charge >= 0.3 is 0 Å². The Bertz CT molecular complexity index is 629. The van der Waals surface area contributed by atoms with Crippen LogP contribution in [0.15, 0.2) is 40.9 Å². The van der Waals surface area contributed by atoms with E-state index in [0.717, 1.165) is 36.1 Å². The number of para-hydroxylation sites is 1. The molecule has 1 N–H and O–H groups in total. The summed E-state index contributed by atoms with van der Waals surface area (Å²) in [7, 11) is 0. The van der Waals surface area contributed by atoms with Gasteiger partial charge in [-0.2, -0.15) is 0 Å². The van der Waals surface area contributed by atoms with Gasteiger partial charge in [0.25, 0.3) is 5.91 Å². The van der Waals surface area contributed by atoms with Gasteiger partial charge in [-0.05, 0) is 45.2 Å². The van der Waals surface area contributed by atoms with Crippen molar-refractivity contribution in [2.45, 2.75) is 38.6 Å². The molecular weight excluding hydrogens is 264 g/mol. The minimum absolute atomic E-state index is 0.0159. The van der Waals surface area contributed by atoms with Gasteiger partial charge in [-0.25, -0.2) is 4.99 Å². The molecule has 1 amide bonds. The summed E-state index contributed by atoms with van der Waals surface area (Å²) in [5.41, 5.74) is 2.27. The highest BCUT2D eigenvalue weighted by atomic mass is 16.5. The molecular formula is C17H20N2O2. The Balaban J connectivity index is 1.85. The molecule has 0 radical (unpaired) electrons. The van der Waals surface area contributed by atoms with E-state index in [4.69, 9.17) is 4.74 Å². The number of nitrogens with zero attached hydrogens (tertiary/aromatic N) is 1. The van der Waals surface area contributed by atoms with Gasteiger partial charge < -0.3 is 10.1 Å². The van der Waals surface area contributed by atoms with E-state index < -0.39 is 0 Å². The highest BCUT2D eigenvalue weighted by Gasteiger charge is 2.28. The summed E-state index contributed by atoms with van der Waals surface area (Å²) in [6, 6.07) is 7.65. The zero-order chi connectivity index (χ0) is 14.9. The number of benzene rings is 1. The fourth-order valence-electron chi connectivity index (χ4n) is 2.58. The van der Waals surface area contributed by atoms with E-state index >= 15 is 0 Å². The van der Waals surface area contributed by atoms with Crippen molar-refractivity contribution in [1.82, 2.24) is 0 Å².